The van der Waals surface area contributed by atoms with Crippen LogP contribution >= 0.6 is 0 Å². The van der Waals surface area contributed by atoms with E-state index in [2.05, 4.69) is 16.0 Å². The number of imidazole rings is 1. The average Bonchev–Trinajstić information content (AvgIpc) is 2.83. The van der Waals surface area contributed by atoms with E-state index in [-0.39, 0.29) is 0 Å². The van der Waals surface area contributed by atoms with Gasteiger partial charge in [-0.25, -0.2) is 4.98 Å². The first-order chi connectivity index (χ1) is 9.79. The summed E-state index contributed by atoms with van der Waals surface area (Å²) in [5.41, 5.74) is 3.37. The van der Waals surface area contributed by atoms with Crippen LogP contribution in [0, 0.1) is 11.3 Å². The van der Waals surface area contributed by atoms with Gasteiger partial charge in [0.1, 0.15) is 6.07 Å². The van der Waals surface area contributed by atoms with Gasteiger partial charge >= 0.3 is 0 Å². The summed E-state index contributed by atoms with van der Waals surface area (Å²) in [6.45, 7) is 0. The van der Waals surface area contributed by atoms with Gasteiger partial charge in [-0.15, -0.1) is 0 Å². The van der Waals surface area contributed by atoms with Crippen molar-refractivity contribution in [1.29, 1.82) is 5.26 Å². The molecule has 0 saturated carbocycles. The molecular formula is C16H12N4. The van der Waals surface area contributed by atoms with Gasteiger partial charge in [0.05, 0.1) is 16.6 Å². The number of para-hydroxylation sites is 2. The van der Waals surface area contributed by atoms with Crippen molar-refractivity contribution in [1.82, 2.24) is 14.5 Å². The Labute approximate surface area is 116 Å². The van der Waals surface area contributed by atoms with Crippen LogP contribution < -0.4 is 0 Å². The second kappa shape index (κ2) is 4.98. The summed E-state index contributed by atoms with van der Waals surface area (Å²) in [6.07, 6.45) is 5.23. The largest absolute Gasteiger partial charge is 0.327 e. The summed E-state index contributed by atoms with van der Waals surface area (Å²) in [5.74, 6) is 0.672. The smallest absolute Gasteiger partial charge is 0.151 e. The Balaban J connectivity index is 2.16. The number of allylic oxidation sites excluding steroid dienone is 1. The van der Waals surface area contributed by atoms with E-state index in [1.54, 1.807) is 12.4 Å². The summed E-state index contributed by atoms with van der Waals surface area (Å²) in [5, 5.41) is 9.40. The van der Waals surface area contributed by atoms with Gasteiger partial charge in [-0.3, -0.25) is 4.98 Å². The summed E-state index contributed by atoms with van der Waals surface area (Å²) in [7, 11) is 1.92. The Morgan fingerprint density at radius 1 is 1.20 bits per heavy atom. The molecule has 0 radical (unpaired) electrons. The molecule has 1 aromatic carbocycles. The highest BCUT2D eigenvalue weighted by atomic mass is 15.1. The molecule has 96 valence electrons. The lowest BCUT2D eigenvalue weighted by atomic mass is 10.1. The average molecular weight is 260 g/mol. The van der Waals surface area contributed by atoms with Crippen molar-refractivity contribution < 1.29 is 0 Å². The molecule has 4 heteroatoms. The normalized spacial score (nSPS) is 11.5. The zero-order valence-corrected chi connectivity index (χ0v) is 11.0. The molecule has 2 heterocycles. The van der Waals surface area contributed by atoms with Crippen LogP contribution in [0.5, 0.6) is 0 Å². The van der Waals surface area contributed by atoms with Gasteiger partial charge in [0, 0.05) is 19.4 Å². The Kier molecular flexibility index (Phi) is 3.02. The summed E-state index contributed by atoms with van der Waals surface area (Å²) in [6, 6.07) is 13.8. The van der Waals surface area contributed by atoms with Gasteiger partial charge in [-0.05, 0) is 35.9 Å². The van der Waals surface area contributed by atoms with E-state index in [1.807, 2.05) is 54.1 Å². The number of hydrogen-bond donors (Lipinski definition) is 0. The van der Waals surface area contributed by atoms with Crippen molar-refractivity contribution in [2.45, 2.75) is 0 Å². The summed E-state index contributed by atoms with van der Waals surface area (Å²) >= 11 is 0. The van der Waals surface area contributed by atoms with Crippen LogP contribution in [0.4, 0.5) is 0 Å². The standard InChI is InChI=1S/C16H12N4/c1-20-15-5-3-2-4-14(15)19-16(20)13(11-17)10-12-6-8-18-9-7-12/h2-10H,1H3/b13-10+. The number of hydrogen-bond acceptors (Lipinski definition) is 3. The third-order valence-corrected chi connectivity index (χ3v) is 3.17. The van der Waals surface area contributed by atoms with Gasteiger partial charge in [0.15, 0.2) is 5.82 Å². The topological polar surface area (TPSA) is 54.5 Å². The van der Waals surface area contributed by atoms with Crippen LogP contribution in [0.15, 0.2) is 48.8 Å². The van der Waals surface area contributed by atoms with Crippen molar-refractivity contribution in [3.63, 3.8) is 0 Å². The summed E-state index contributed by atoms with van der Waals surface area (Å²) in [4.78, 5) is 8.51. The molecule has 2 aromatic heterocycles. The van der Waals surface area contributed by atoms with E-state index in [9.17, 15) is 5.26 Å². The number of aryl methyl sites for hydroxylation is 1. The molecule has 3 rings (SSSR count). The molecule has 0 atom stereocenters. The Hall–Kier alpha value is -2.93. The molecule has 0 unspecified atom stereocenters. The van der Waals surface area contributed by atoms with Crippen molar-refractivity contribution in [3.05, 3.63) is 60.2 Å². The maximum atomic E-state index is 9.40. The third-order valence-electron chi connectivity index (χ3n) is 3.17. The van der Waals surface area contributed by atoms with Crippen LogP contribution in [-0.4, -0.2) is 14.5 Å². The van der Waals surface area contributed by atoms with Crippen LogP contribution in [-0.2, 0) is 7.05 Å². The number of benzene rings is 1. The minimum Gasteiger partial charge on any atom is -0.327 e. The quantitative estimate of drug-likeness (QED) is 0.665. The van der Waals surface area contributed by atoms with E-state index >= 15 is 0 Å². The van der Waals surface area contributed by atoms with Gasteiger partial charge in [0.25, 0.3) is 0 Å². The molecule has 0 aliphatic carbocycles. The maximum Gasteiger partial charge on any atom is 0.151 e. The highest BCUT2D eigenvalue weighted by Crippen LogP contribution is 2.21. The third kappa shape index (κ3) is 2.06. The van der Waals surface area contributed by atoms with Crippen molar-refractivity contribution in [2.24, 2.45) is 7.05 Å². The lowest BCUT2D eigenvalue weighted by Gasteiger charge is -2.00. The minimum atomic E-state index is 0.537. The first-order valence-electron chi connectivity index (χ1n) is 6.23. The fourth-order valence-corrected chi connectivity index (χ4v) is 2.16. The van der Waals surface area contributed by atoms with E-state index < -0.39 is 0 Å². The fraction of sp³-hybridized carbons (Fsp3) is 0.0625. The molecule has 3 aromatic rings. The van der Waals surface area contributed by atoms with Crippen molar-refractivity contribution in [2.75, 3.05) is 0 Å². The SMILES string of the molecule is Cn1c(/C(C#N)=C/c2ccncc2)nc2ccccc21. The Bertz CT molecular complexity index is 823. The zero-order chi connectivity index (χ0) is 13.9. The lowest BCUT2D eigenvalue weighted by Crippen LogP contribution is -1.96. The highest BCUT2D eigenvalue weighted by Gasteiger charge is 2.11. The monoisotopic (exact) mass is 260 g/mol. The minimum absolute atomic E-state index is 0.537. The molecule has 0 aliphatic heterocycles. The van der Waals surface area contributed by atoms with E-state index in [4.69, 9.17) is 0 Å². The molecule has 0 fully saturated rings. The second-order valence-corrected chi connectivity index (χ2v) is 4.43. The molecule has 20 heavy (non-hydrogen) atoms. The molecule has 0 spiro atoms. The number of rotatable bonds is 2. The predicted molar refractivity (Wildman–Crippen MR) is 78.4 cm³/mol. The molecule has 0 aliphatic rings. The fourth-order valence-electron chi connectivity index (χ4n) is 2.16. The van der Waals surface area contributed by atoms with Crippen LogP contribution in [0.3, 0.4) is 0 Å². The highest BCUT2D eigenvalue weighted by molar-refractivity contribution is 5.90. The molecule has 0 saturated heterocycles. The predicted octanol–water partition coefficient (Wildman–Crippen LogP) is 3.03. The number of nitrogens with zero attached hydrogens (tertiary/aromatic N) is 4. The summed E-state index contributed by atoms with van der Waals surface area (Å²) < 4.78 is 1.94. The molecule has 0 amide bonds. The van der Waals surface area contributed by atoms with Crippen molar-refractivity contribution >= 4 is 22.7 Å². The maximum absolute atomic E-state index is 9.40. The zero-order valence-electron chi connectivity index (χ0n) is 11.0. The van der Waals surface area contributed by atoms with E-state index in [0.717, 1.165) is 16.6 Å². The second-order valence-electron chi connectivity index (χ2n) is 4.43. The molecule has 0 bridgehead atoms. The number of nitriles is 1. The Morgan fingerprint density at radius 3 is 2.65 bits per heavy atom. The Morgan fingerprint density at radius 2 is 1.95 bits per heavy atom. The number of fused-ring (bicyclic) bond motifs is 1. The number of pyridine rings is 1. The van der Waals surface area contributed by atoms with Crippen molar-refractivity contribution in [3.8, 4) is 6.07 Å². The first kappa shape index (κ1) is 12.1. The van der Waals surface area contributed by atoms with Crippen LogP contribution in [0.2, 0.25) is 0 Å². The van der Waals surface area contributed by atoms with Gasteiger partial charge in [0.2, 0.25) is 0 Å². The molecule has 0 N–H and O–H groups in total. The van der Waals surface area contributed by atoms with Gasteiger partial charge in [-0.1, -0.05) is 12.1 Å². The van der Waals surface area contributed by atoms with Crippen LogP contribution in [0.25, 0.3) is 22.7 Å². The first-order valence-corrected chi connectivity index (χ1v) is 6.23. The molecule has 4 nitrogen and oxygen atoms in total. The van der Waals surface area contributed by atoms with Gasteiger partial charge in [-0.2, -0.15) is 5.26 Å². The number of aromatic nitrogens is 3. The van der Waals surface area contributed by atoms with E-state index in [1.165, 1.54) is 0 Å². The van der Waals surface area contributed by atoms with Crippen LogP contribution in [0.1, 0.15) is 11.4 Å². The van der Waals surface area contributed by atoms with E-state index in [0.29, 0.717) is 11.4 Å². The lowest BCUT2D eigenvalue weighted by molar-refractivity contribution is 0.925. The van der Waals surface area contributed by atoms with Gasteiger partial charge < -0.3 is 4.57 Å². The molecular weight excluding hydrogens is 248 g/mol.